The number of hydrogen-bond acceptors (Lipinski definition) is 3. The van der Waals surface area contributed by atoms with Crippen LogP contribution < -0.4 is 5.32 Å². The molecule has 1 amide bonds. The lowest BCUT2D eigenvalue weighted by Gasteiger charge is -2.06. The van der Waals surface area contributed by atoms with Gasteiger partial charge in [0.25, 0.3) is 5.91 Å². The summed E-state index contributed by atoms with van der Waals surface area (Å²) in [4.78, 5) is 19.5. The summed E-state index contributed by atoms with van der Waals surface area (Å²) >= 11 is 17.3. The van der Waals surface area contributed by atoms with E-state index in [1.54, 1.807) is 12.1 Å². The fourth-order valence-electron chi connectivity index (χ4n) is 1.26. The molecule has 1 heterocycles. The van der Waals surface area contributed by atoms with E-state index >= 15 is 0 Å². The minimum absolute atomic E-state index is 0.0463. The predicted molar refractivity (Wildman–Crippen MR) is 71.5 cm³/mol. The third-order valence-electron chi connectivity index (χ3n) is 2.04. The summed E-state index contributed by atoms with van der Waals surface area (Å²) in [6.07, 6.45) is 1.44. The van der Waals surface area contributed by atoms with Crippen LogP contribution in [0.15, 0.2) is 30.5 Å². The number of aromatic nitrogens is 2. The van der Waals surface area contributed by atoms with Gasteiger partial charge in [-0.25, -0.2) is 9.97 Å². The lowest BCUT2D eigenvalue weighted by Crippen LogP contribution is -2.13. The molecule has 0 aliphatic heterocycles. The van der Waals surface area contributed by atoms with E-state index < -0.39 is 5.91 Å². The zero-order valence-corrected chi connectivity index (χ0v) is 11.1. The summed E-state index contributed by atoms with van der Waals surface area (Å²) < 4.78 is 0. The summed E-state index contributed by atoms with van der Waals surface area (Å²) in [5.41, 5.74) is 0.263. The number of nitrogens with zero attached hydrogens (tertiary/aromatic N) is 2. The molecule has 1 N–H and O–H groups in total. The minimum atomic E-state index is -0.419. The van der Waals surface area contributed by atoms with Gasteiger partial charge in [0.2, 0.25) is 5.28 Å². The fraction of sp³-hybridized carbons (Fsp3) is 0. The molecule has 0 saturated carbocycles. The quantitative estimate of drug-likeness (QED) is 0.861. The molecule has 0 fully saturated rings. The van der Waals surface area contributed by atoms with Gasteiger partial charge < -0.3 is 5.32 Å². The van der Waals surface area contributed by atoms with E-state index in [2.05, 4.69) is 15.3 Å². The van der Waals surface area contributed by atoms with Crippen molar-refractivity contribution in [3.63, 3.8) is 0 Å². The Morgan fingerprint density at radius 2 is 1.94 bits per heavy atom. The van der Waals surface area contributed by atoms with E-state index in [0.717, 1.165) is 0 Å². The van der Waals surface area contributed by atoms with Gasteiger partial charge >= 0.3 is 0 Å². The van der Waals surface area contributed by atoms with Crippen molar-refractivity contribution in [2.75, 3.05) is 5.32 Å². The van der Waals surface area contributed by atoms with Crippen LogP contribution in [0.2, 0.25) is 15.3 Å². The Kier molecular flexibility index (Phi) is 4.01. The van der Waals surface area contributed by atoms with Crippen molar-refractivity contribution < 1.29 is 4.79 Å². The number of amides is 1. The number of anilines is 1. The molecular weight excluding hydrogens is 296 g/mol. The van der Waals surface area contributed by atoms with Crippen LogP contribution in [-0.4, -0.2) is 15.9 Å². The summed E-state index contributed by atoms with van der Waals surface area (Å²) in [5, 5.41) is 3.32. The highest BCUT2D eigenvalue weighted by atomic mass is 35.5. The molecule has 0 atom stereocenters. The lowest BCUT2D eigenvalue weighted by molar-refractivity contribution is 0.102. The highest BCUT2D eigenvalue weighted by Crippen LogP contribution is 2.21. The molecule has 2 rings (SSSR count). The molecule has 0 spiro atoms. The third kappa shape index (κ3) is 3.10. The van der Waals surface area contributed by atoms with E-state index in [-0.39, 0.29) is 16.7 Å². The van der Waals surface area contributed by atoms with Gasteiger partial charge in [-0.3, -0.25) is 4.79 Å². The molecule has 2 aromatic rings. The van der Waals surface area contributed by atoms with E-state index in [0.29, 0.717) is 10.0 Å². The monoisotopic (exact) mass is 301 g/mol. The van der Waals surface area contributed by atoms with Crippen LogP contribution in [0.3, 0.4) is 0 Å². The second kappa shape index (κ2) is 5.52. The Morgan fingerprint density at radius 3 is 2.67 bits per heavy atom. The third-order valence-corrected chi connectivity index (χ3v) is 2.79. The number of carbonyl (C=O) groups is 1. The Hall–Kier alpha value is -1.36. The van der Waals surface area contributed by atoms with Crippen molar-refractivity contribution in [1.29, 1.82) is 0 Å². The summed E-state index contributed by atoms with van der Waals surface area (Å²) in [6.45, 7) is 0. The first-order valence-corrected chi connectivity index (χ1v) is 5.94. The van der Waals surface area contributed by atoms with Crippen LogP contribution >= 0.6 is 34.8 Å². The van der Waals surface area contributed by atoms with Gasteiger partial charge in [0.05, 0.1) is 10.6 Å². The maximum Gasteiger partial charge on any atom is 0.258 e. The van der Waals surface area contributed by atoms with Crippen LogP contribution in [-0.2, 0) is 0 Å². The van der Waals surface area contributed by atoms with E-state index in [9.17, 15) is 4.79 Å². The van der Waals surface area contributed by atoms with Crippen LogP contribution in [0.1, 0.15) is 10.4 Å². The number of hydrogen-bond donors (Lipinski definition) is 1. The first-order chi connectivity index (χ1) is 8.56. The van der Waals surface area contributed by atoms with Crippen molar-refractivity contribution in [2.24, 2.45) is 0 Å². The predicted octanol–water partition coefficient (Wildman–Crippen LogP) is 3.69. The molecule has 4 nitrogen and oxygen atoms in total. The van der Waals surface area contributed by atoms with E-state index in [1.165, 1.54) is 18.3 Å². The first-order valence-electron chi connectivity index (χ1n) is 4.81. The topological polar surface area (TPSA) is 54.9 Å². The SMILES string of the molecule is O=C(Nc1ccnc(Cl)n1)c1cc(Cl)ccc1Cl. The lowest BCUT2D eigenvalue weighted by atomic mass is 10.2. The van der Waals surface area contributed by atoms with Gasteiger partial charge in [-0.1, -0.05) is 23.2 Å². The molecule has 0 saturated heterocycles. The van der Waals surface area contributed by atoms with Crippen molar-refractivity contribution in [1.82, 2.24) is 9.97 Å². The highest BCUT2D eigenvalue weighted by molar-refractivity contribution is 6.36. The van der Waals surface area contributed by atoms with Crippen LogP contribution in [0.25, 0.3) is 0 Å². The molecular formula is C11H6Cl3N3O. The van der Waals surface area contributed by atoms with E-state index in [1.807, 2.05) is 0 Å². The zero-order chi connectivity index (χ0) is 13.1. The molecule has 0 radical (unpaired) electrons. The normalized spacial score (nSPS) is 10.2. The molecule has 7 heteroatoms. The Morgan fingerprint density at radius 1 is 1.17 bits per heavy atom. The molecule has 1 aromatic carbocycles. The molecule has 0 bridgehead atoms. The Bertz CT molecular complexity index is 604. The smallest absolute Gasteiger partial charge is 0.258 e. The minimum Gasteiger partial charge on any atom is -0.306 e. The molecule has 0 aliphatic rings. The Balaban J connectivity index is 2.24. The number of benzene rings is 1. The molecule has 92 valence electrons. The van der Waals surface area contributed by atoms with Crippen molar-refractivity contribution in [3.8, 4) is 0 Å². The maximum absolute atomic E-state index is 11.9. The summed E-state index contributed by atoms with van der Waals surface area (Å²) in [5.74, 6) is -0.131. The maximum atomic E-state index is 11.9. The van der Waals surface area contributed by atoms with Crippen molar-refractivity contribution >= 4 is 46.5 Å². The van der Waals surface area contributed by atoms with Gasteiger partial charge in [-0.05, 0) is 35.9 Å². The van der Waals surface area contributed by atoms with E-state index in [4.69, 9.17) is 34.8 Å². The van der Waals surface area contributed by atoms with Crippen LogP contribution in [0, 0.1) is 0 Å². The van der Waals surface area contributed by atoms with Gasteiger partial charge in [0.1, 0.15) is 5.82 Å². The number of nitrogens with one attached hydrogen (secondary N) is 1. The second-order valence-corrected chi connectivity index (χ2v) is 4.47. The van der Waals surface area contributed by atoms with Gasteiger partial charge in [-0.2, -0.15) is 0 Å². The van der Waals surface area contributed by atoms with Crippen LogP contribution in [0.4, 0.5) is 5.82 Å². The summed E-state index contributed by atoms with van der Waals surface area (Å²) in [6, 6.07) is 6.14. The van der Waals surface area contributed by atoms with Crippen molar-refractivity contribution in [3.05, 3.63) is 51.4 Å². The number of rotatable bonds is 2. The number of halogens is 3. The highest BCUT2D eigenvalue weighted by Gasteiger charge is 2.12. The molecule has 0 aliphatic carbocycles. The van der Waals surface area contributed by atoms with Crippen LogP contribution in [0.5, 0.6) is 0 Å². The zero-order valence-electron chi connectivity index (χ0n) is 8.82. The van der Waals surface area contributed by atoms with Gasteiger partial charge in [-0.15, -0.1) is 0 Å². The number of carbonyl (C=O) groups excluding carboxylic acids is 1. The molecule has 1 aromatic heterocycles. The summed E-state index contributed by atoms with van der Waals surface area (Å²) in [7, 11) is 0. The van der Waals surface area contributed by atoms with Crippen molar-refractivity contribution in [2.45, 2.75) is 0 Å². The Labute approximate surface area is 118 Å². The fourth-order valence-corrected chi connectivity index (χ4v) is 1.78. The average molecular weight is 303 g/mol. The largest absolute Gasteiger partial charge is 0.306 e. The molecule has 18 heavy (non-hydrogen) atoms. The first kappa shape index (κ1) is 13.1. The average Bonchev–Trinajstić information content (AvgIpc) is 2.32. The second-order valence-electron chi connectivity index (χ2n) is 3.29. The standard InChI is InChI=1S/C11H6Cl3N3O/c12-6-1-2-8(13)7(5-6)10(18)16-9-3-4-15-11(14)17-9/h1-5H,(H,15,16,17,18). The van der Waals surface area contributed by atoms with Gasteiger partial charge in [0.15, 0.2) is 0 Å². The molecule has 0 unspecified atom stereocenters. The van der Waals surface area contributed by atoms with Gasteiger partial charge in [0, 0.05) is 11.2 Å².